The van der Waals surface area contributed by atoms with Gasteiger partial charge in [0.1, 0.15) is 0 Å². The largest absolute Gasteiger partial charge is 0.466 e. The van der Waals surface area contributed by atoms with Crippen molar-refractivity contribution in [2.75, 3.05) is 6.61 Å². The molecule has 0 N–H and O–H groups in total. The van der Waals surface area contributed by atoms with E-state index in [1.807, 2.05) is 6.92 Å². The number of hydrogen-bond acceptors (Lipinski definition) is 2. The van der Waals surface area contributed by atoms with Gasteiger partial charge < -0.3 is 4.74 Å². The minimum absolute atomic E-state index is 0.0640. The van der Waals surface area contributed by atoms with Gasteiger partial charge >= 0.3 is 5.97 Å². The van der Waals surface area contributed by atoms with E-state index in [9.17, 15) is 4.79 Å². The highest BCUT2D eigenvalue weighted by Gasteiger charge is 1.99. The van der Waals surface area contributed by atoms with E-state index in [1.165, 1.54) is 25.7 Å². The Labute approximate surface area is 143 Å². The zero-order chi connectivity index (χ0) is 17.0. The van der Waals surface area contributed by atoms with Gasteiger partial charge in [0.15, 0.2) is 0 Å². The number of esters is 1. The van der Waals surface area contributed by atoms with Crippen LogP contribution in [0.25, 0.3) is 0 Å². The number of carbonyl (C=O) groups excluding carboxylic acids is 1. The predicted molar refractivity (Wildman–Crippen MR) is 101 cm³/mol. The summed E-state index contributed by atoms with van der Waals surface area (Å²) in [6, 6.07) is 0. The zero-order valence-electron chi connectivity index (χ0n) is 15.3. The van der Waals surface area contributed by atoms with Crippen molar-refractivity contribution >= 4 is 5.97 Å². The summed E-state index contributed by atoms with van der Waals surface area (Å²) in [4.78, 5) is 11.3. The summed E-state index contributed by atoms with van der Waals surface area (Å²) in [5.74, 6) is -0.0640. The van der Waals surface area contributed by atoms with E-state index in [0.29, 0.717) is 13.0 Å². The summed E-state index contributed by atoms with van der Waals surface area (Å²) >= 11 is 0. The van der Waals surface area contributed by atoms with Crippen LogP contribution in [0.1, 0.15) is 84.5 Å². The second-order valence-electron chi connectivity index (χ2n) is 5.84. The van der Waals surface area contributed by atoms with Crippen LogP contribution in [-0.2, 0) is 9.53 Å². The molecule has 0 atom stereocenters. The lowest BCUT2D eigenvalue weighted by atomic mass is 10.2. The first-order chi connectivity index (χ1) is 11.3. The molecular weight excluding hydrogens is 284 g/mol. The molecule has 0 radical (unpaired) electrons. The van der Waals surface area contributed by atoms with Crippen LogP contribution >= 0.6 is 0 Å². The fourth-order valence-corrected chi connectivity index (χ4v) is 2.10. The molecule has 2 heteroatoms. The highest BCUT2D eigenvalue weighted by atomic mass is 16.5. The van der Waals surface area contributed by atoms with Crippen LogP contribution in [0, 0.1) is 0 Å². The summed E-state index contributed by atoms with van der Waals surface area (Å²) in [6.45, 7) is 4.80. The molecular formula is C21H36O2. The molecule has 0 amide bonds. The summed E-state index contributed by atoms with van der Waals surface area (Å²) < 4.78 is 5.03. The van der Waals surface area contributed by atoms with Crippen molar-refractivity contribution in [2.24, 2.45) is 0 Å². The maximum Gasteiger partial charge on any atom is 0.305 e. The minimum atomic E-state index is -0.0640. The molecule has 0 aliphatic heterocycles. The van der Waals surface area contributed by atoms with Crippen molar-refractivity contribution in [3.8, 4) is 0 Å². The van der Waals surface area contributed by atoms with Crippen molar-refractivity contribution < 1.29 is 9.53 Å². The van der Waals surface area contributed by atoms with E-state index in [-0.39, 0.29) is 5.97 Å². The van der Waals surface area contributed by atoms with E-state index >= 15 is 0 Å². The Morgan fingerprint density at radius 3 is 2.04 bits per heavy atom. The van der Waals surface area contributed by atoms with Gasteiger partial charge in [-0.15, -0.1) is 0 Å². The van der Waals surface area contributed by atoms with Crippen LogP contribution in [0.15, 0.2) is 36.5 Å². The van der Waals surface area contributed by atoms with Crippen molar-refractivity contribution in [1.29, 1.82) is 0 Å². The maximum absolute atomic E-state index is 11.3. The molecule has 0 saturated heterocycles. The van der Waals surface area contributed by atoms with Gasteiger partial charge in [-0.2, -0.15) is 0 Å². The third-order valence-corrected chi connectivity index (χ3v) is 3.47. The summed E-state index contributed by atoms with van der Waals surface area (Å²) in [7, 11) is 0. The third kappa shape index (κ3) is 18.6. The molecule has 0 aliphatic carbocycles. The molecule has 0 rings (SSSR count). The lowest BCUT2D eigenvalue weighted by Gasteiger charge is -2.00. The van der Waals surface area contributed by atoms with E-state index in [2.05, 4.69) is 43.4 Å². The van der Waals surface area contributed by atoms with Gasteiger partial charge in [-0.1, -0.05) is 63.1 Å². The van der Waals surface area contributed by atoms with Crippen molar-refractivity contribution in [2.45, 2.75) is 84.5 Å². The maximum atomic E-state index is 11.3. The van der Waals surface area contributed by atoms with Crippen LogP contribution in [0.4, 0.5) is 0 Å². The van der Waals surface area contributed by atoms with E-state index in [1.54, 1.807) is 0 Å². The first-order valence-electron chi connectivity index (χ1n) is 9.41. The smallest absolute Gasteiger partial charge is 0.305 e. The van der Waals surface area contributed by atoms with Crippen LogP contribution < -0.4 is 0 Å². The van der Waals surface area contributed by atoms with Gasteiger partial charge in [-0.25, -0.2) is 0 Å². The van der Waals surface area contributed by atoms with Gasteiger partial charge in [0, 0.05) is 6.42 Å². The number of hydrogen-bond donors (Lipinski definition) is 0. The van der Waals surface area contributed by atoms with Crippen LogP contribution in [-0.4, -0.2) is 12.6 Å². The molecule has 0 fully saturated rings. The number of carbonyl (C=O) groups is 1. The Morgan fingerprint density at radius 2 is 1.35 bits per heavy atom. The Morgan fingerprint density at radius 1 is 0.739 bits per heavy atom. The molecule has 2 nitrogen and oxygen atoms in total. The van der Waals surface area contributed by atoms with Gasteiger partial charge in [-0.3, -0.25) is 4.79 Å². The molecule has 0 aromatic heterocycles. The second kappa shape index (κ2) is 18.7. The van der Waals surface area contributed by atoms with E-state index in [0.717, 1.165) is 38.5 Å². The molecule has 0 aromatic carbocycles. The molecule has 132 valence electrons. The Hall–Kier alpha value is -1.31. The number of ether oxygens (including phenoxy) is 1. The molecule has 0 aromatic rings. The number of allylic oxidation sites excluding steroid dienone is 6. The van der Waals surface area contributed by atoms with Gasteiger partial charge in [-0.05, 0) is 51.4 Å². The minimum Gasteiger partial charge on any atom is -0.466 e. The molecule has 0 unspecified atom stereocenters. The van der Waals surface area contributed by atoms with Crippen molar-refractivity contribution in [1.82, 2.24) is 0 Å². The standard InChI is InChI=1S/C21H36O2/c1-3-5-6-7-8-9-10-11-12-13-14-15-16-17-18-19-21(22)23-20-4-2/h8-9,11-12,15-16H,3-7,10,13-14,17-20H2,1-2H3/b9-8?,12-11?,16-15-. The highest BCUT2D eigenvalue weighted by Crippen LogP contribution is 2.03. The first-order valence-corrected chi connectivity index (χ1v) is 9.41. The van der Waals surface area contributed by atoms with E-state index in [4.69, 9.17) is 4.74 Å². The monoisotopic (exact) mass is 320 g/mol. The highest BCUT2D eigenvalue weighted by molar-refractivity contribution is 5.69. The normalized spacial score (nSPS) is 11.9. The quantitative estimate of drug-likeness (QED) is 0.195. The summed E-state index contributed by atoms with van der Waals surface area (Å²) in [6.07, 6.45) is 25.1. The SMILES string of the molecule is CCCCCC=CCC=CCC/C=C\CCCC(=O)OCCC. The molecule has 0 aliphatic rings. The zero-order valence-corrected chi connectivity index (χ0v) is 15.3. The number of unbranched alkanes of at least 4 members (excludes halogenated alkanes) is 5. The topological polar surface area (TPSA) is 26.3 Å². The Bertz CT molecular complexity index is 340. The molecule has 23 heavy (non-hydrogen) atoms. The summed E-state index contributed by atoms with van der Waals surface area (Å²) in [5, 5.41) is 0. The fraction of sp³-hybridized carbons (Fsp3) is 0.667. The predicted octanol–water partition coefficient (Wildman–Crippen LogP) is 6.53. The van der Waals surface area contributed by atoms with Crippen molar-refractivity contribution in [3.05, 3.63) is 36.5 Å². The van der Waals surface area contributed by atoms with Crippen LogP contribution in [0.5, 0.6) is 0 Å². The van der Waals surface area contributed by atoms with Gasteiger partial charge in [0.05, 0.1) is 6.61 Å². The molecule has 0 spiro atoms. The average molecular weight is 321 g/mol. The third-order valence-electron chi connectivity index (χ3n) is 3.47. The molecule has 0 bridgehead atoms. The number of rotatable bonds is 15. The molecule has 0 heterocycles. The van der Waals surface area contributed by atoms with Gasteiger partial charge in [0.2, 0.25) is 0 Å². The lowest BCUT2D eigenvalue weighted by Crippen LogP contribution is -2.04. The Balaban J connectivity index is 3.36. The van der Waals surface area contributed by atoms with Crippen molar-refractivity contribution in [3.63, 3.8) is 0 Å². The van der Waals surface area contributed by atoms with Crippen LogP contribution in [0.3, 0.4) is 0 Å². The molecule has 0 saturated carbocycles. The Kier molecular flexibility index (Phi) is 17.7. The average Bonchev–Trinajstić information content (AvgIpc) is 2.56. The van der Waals surface area contributed by atoms with E-state index < -0.39 is 0 Å². The fourth-order valence-electron chi connectivity index (χ4n) is 2.10. The van der Waals surface area contributed by atoms with Crippen LogP contribution in [0.2, 0.25) is 0 Å². The van der Waals surface area contributed by atoms with Gasteiger partial charge in [0.25, 0.3) is 0 Å². The second-order valence-corrected chi connectivity index (χ2v) is 5.84. The lowest BCUT2D eigenvalue weighted by molar-refractivity contribution is -0.143. The first kappa shape index (κ1) is 21.7. The summed E-state index contributed by atoms with van der Waals surface area (Å²) in [5.41, 5.74) is 0.